The van der Waals surface area contributed by atoms with E-state index in [2.05, 4.69) is 43.2 Å². The van der Waals surface area contributed by atoms with Gasteiger partial charge in [-0.25, -0.2) is 0 Å². The molecule has 0 fully saturated rings. The second-order valence-corrected chi connectivity index (χ2v) is 5.83. The van der Waals surface area contributed by atoms with Gasteiger partial charge >= 0.3 is 0 Å². The number of hydrogen-bond donors (Lipinski definition) is 0. The summed E-state index contributed by atoms with van der Waals surface area (Å²) in [5.74, 6) is 0.785. The van der Waals surface area contributed by atoms with Crippen LogP contribution in [0.15, 0.2) is 29.2 Å². The van der Waals surface area contributed by atoms with Gasteiger partial charge in [-0.05, 0) is 54.8 Å². The van der Waals surface area contributed by atoms with E-state index >= 15 is 0 Å². The van der Waals surface area contributed by atoms with Crippen molar-refractivity contribution in [2.75, 3.05) is 18.0 Å². The monoisotopic (exact) mass is 336 g/mol. The van der Waals surface area contributed by atoms with E-state index in [-0.39, 0.29) is 0 Å². The lowest BCUT2D eigenvalue weighted by Crippen LogP contribution is -2.26. The molecular weight excluding hydrogens is 300 g/mol. The molecule has 0 aliphatic carbocycles. The molecule has 0 aliphatic rings. The van der Waals surface area contributed by atoms with E-state index in [9.17, 15) is 0 Å². The number of thiocyanates is 1. The van der Waals surface area contributed by atoms with E-state index in [1.165, 1.54) is 30.3 Å². The van der Waals surface area contributed by atoms with E-state index in [1.807, 2.05) is 39.8 Å². The second-order valence-electron chi connectivity index (χ2n) is 4.98. The molecule has 0 amide bonds. The van der Waals surface area contributed by atoms with Crippen LogP contribution in [0.25, 0.3) is 0 Å². The molecule has 1 unspecified atom stereocenters. The Labute approximate surface area is 149 Å². The molecule has 0 aliphatic heterocycles. The molecule has 0 spiro atoms. The largest absolute Gasteiger partial charge is 0.372 e. The van der Waals surface area contributed by atoms with E-state index in [0.29, 0.717) is 0 Å². The summed E-state index contributed by atoms with van der Waals surface area (Å²) >= 11 is 1.22. The highest BCUT2D eigenvalue weighted by Crippen LogP contribution is 2.22. The molecule has 0 saturated carbocycles. The third-order valence-electron chi connectivity index (χ3n) is 3.45. The van der Waals surface area contributed by atoms with Gasteiger partial charge in [0, 0.05) is 23.7 Å². The molecule has 0 aromatic heterocycles. The van der Waals surface area contributed by atoms with Gasteiger partial charge in [-0.1, -0.05) is 54.9 Å². The molecule has 0 radical (unpaired) electrons. The molecule has 1 aromatic carbocycles. The van der Waals surface area contributed by atoms with Gasteiger partial charge < -0.3 is 4.90 Å². The van der Waals surface area contributed by atoms with Gasteiger partial charge in [0.05, 0.1) is 0 Å². The quantitative estimate of drug-likeness (QED) is 0.379. The smallest absolute Gasteiger partial charge is 0.138 e. The Morgan fingerprint density at radius 2 is 1.61 bits per heavy atom. The van der Waals surface area contributed by atoms with Crippen molar-refractivity contribution in [1.82, 2.24) is 0 Å². The van der Waals surface area contributed by atoms with Crippen LogP contribution in [-0.4, -0.2) is 13.1 Å². The lowest BCUT2D eigenvalue weighted by Gasteiger charge is -2.25. The minimum absolute atomic E-state index is 0.785. The normalized spacial score (nSPS) is 10.3. The first-order valence-corrected chi connectivity index (χ1v) is 9.93. The maximum Gasteiger partial charge on any atom is 0.138 e. The first kappa shape index (κ1) is 24.1. The maximum absolute atomic E-state index is 8.66. The molecule has 132 valence electrons. The van der Waals surface area contributed by atoms with Crippen molar-refractivity contribution in [3.8, 4) is 5.40 Å². The Hall–Kier alpha value is -1.14. The zero-order valence-electron chi connectivity index (χ0n) is 16.2. The summed E-state index contributed by atoms with van der Waals surface area (Å²) in [5.41, 5.74) is 1.27. The topological polar surface area (TPSA) is 27.0 Å². The Morgan fingerprint density at radius 3 is 2.04 bits per heavy atom. The summed E-state index contributed by atoms with van der Waals surface area (Å²) in [6, 6.07) is 8.34. The predicted molar refractivity (Wildman–Crippen MR) is 107 cm³/mol. The lowest BCUT2D eigenvalue weighted by atomic mass is 10.0. The lowest BCUT2D eigenvalue weighted by molar-refractivity contribution is 0.510. The van der Waals surface area contributed by atoms with Crippen LogP contribution >= 0.6 is 11.8 Å². The Bertz CT molecular complexity index is 395. The molecule has 1 atom stereocenters. The average Bonchev–Trinajstić information content (AvgIpc) is 2.63. The summed E-state index contributed by atoms with van der Waals surface area (Å²) in [6.07, 6.45) is 3.65. The van der Waals surface area contributed by atoms with Crippen molar-refractivity contribution in [3.05, 3.63) is 24.3 Å². The summed E-state index contributed by atoms with van der Waals surface area (Å²) in [6.45, 7) is 17.0. The summed E-state index contributed by atoms with van der Waals surface area (Å²) in [4.78, 5) is 3.47. The van der Waals surface area contributed by atoms with Crippen LogP contribution in [0.5, 0.6) is 0 Å². The number of anilines is 1. The molecular formula is C20H36N2S. The van der Waals surface area contributed by atoms with Crippen molar-refractivity contribution >= 4 is 17.4 Å². The van der Waals surface area contributed by atoms with Crippen LogP contribution in [0.4, 0.5) is 5.69 Å². The van der Waals surface area contributed by atoms with Crippen molar-refractivity contribution in [2.24, 2.45) is 5.92 Å². The van der Waals surface area contributed by atoms with Crippen molar-refractivity contribution in [3.63, 3.8) is 0 Å². The molecule has 0 bridgehead atoms. The Kier molecular flexibility index (Phi) is 18.1. The molecule has 2 nitrogen and oxygen atoms in total. The van der Waals surface area contributed by atoms with E-state index in [4.69, 9.17) is 5.26 Å². The van der Waals surface area contributed by atoms with E-state index < -0.39 is 0 Å². The van der Waals surface area contributed by atoms with Crippen molar-refractivity contribution in [2.45, 2.75) is 72.6 Å². The fourth-order valence-electron chi connectivity index (χ4n) is 2.00. The summed E-state index contributed by atoms with van der Waals surface area (Å²) in [7, 11) is 0. The molecule has 0 N–H and O–H groups in total. The maximum atomic E-state index is 8.66. The van der Waals surface area contributed by atoms with E-state index in [0.717, 1.165) is 30.3 Å². The summed E-state index contributed by atoms with van der Waals surface area (Å²) in [5, 5.41) is 10.8. The van der Waals surface area contributed by atoms with E-state index in [1.54, 1.807) is 0 Å². The zero-order chi connectivity index (χ0) is 18.1. The van der Waals surface area contributed by atoms with Crippen molar-refractivity contribution < 1.29 is 0 Å². The third kappa shape index (κ3) is 11.1. The number of benzene rings is 1. The molecule has 23 heavy (non-hydrogen) atoms. The number of nitrogens with zero attached hydrogens (tertiary/aromatic N) is 2. The number of nitriles is 1. The van der Waals surface area contributed by atoms with Gasteiger partial charge in [-0.3, -0.25) is 0 Å². The molecule has 1 rings (SSSR count). The molecule has 1 aromatic rings. The second kappa shape index (κ2) is 17.2. The number of hydrogen-bond acceptors (Lipinski definition) is 3. The van der Waals surface area contributed by atoms with Gasteiger partial charge in [0.2, 0.25) is 0 Å². The fourth-order valence-corrected chi connectivity index (χ4v) is 2.38. The minimum atomic E-state index is 0.785. The van der Waals surface area contributed by atoms with Gasteiger partial charge in [0.15, 0.2) is 0 Å². The average molecular weight is 337 g/mol. The molecule has 3 heteroatoms. The number of thioether (sulfide) groups is 1. The Morgan fingerprint density at radius 1 is 1.04 bits per heavy atom. The van der Waals surface area contributed by atoms with Crippen LogP contribution in [-0.2, 0) is 0 Å². The first-order valence-electron chi connectivity index (χ1n) is 9.12. The molecule has 0 heterocycles. The number of rotatable bonds is 8. The van der Waals surface area contributed by atoms with Crippen LogP contribution in [0.3, 0.4) is 0 Å². The Balaban J connectivity index is 0. The van der Waals surface area contributed by atoms with Gasteiger partial charge in [-0.15, -0.1) is 0 Å². The van der Waals surface area contributed by atoms with Gasteiger partial charge in [0.25, 0.3) is 0 Å². The minimum Gasteiger partial charge on any atom is -0.372 e. The summed E-state index contributed by atoms with van der Waals surface area (Å²) < 4.78 is 0. The third-order valence-corrected chi connectivity index (χ3v) is 4.05. The zero-order valence-corrected chi connectivity index (χ0v) is 17.0. The SMILES string of the molecule is CC.CC.CCCN(CCC(C)CC)c1ccc(SC#N)cc1. The van der Waals surface area contributed by atoms with Gasteiger partial charge in [-0.2, -0.15) is 5.26 Å². The highest BCUT2D eigenvalue weighted by atomic mass is 32.2. The van der Waals surface area contributed by atoms with Crippen LogP contribution in [0, 0.1) is 16.6 Å². The fraction of sp³-hybridized carbons (Fsp3) is 0.650. The van der Waals surface area contributed by atoms with Crippen molar-refractivity contribution in [1.29, 1.82) is 5.26 Å². The van der Waals surface area contributed by atoms with Crippen LogP contribution in [0.2, 0.25) is 0 Å². The standard InChI is InChI=1S/C16H24N2S.2C2H6/c1-4-11-18(12-10-14(3)5-2)15-6-8-16(9-7-15)19-13-17;2*1-2/h6-9,14H,4-5,10-12H2,1-3H3;2*1-2H3. The van der Waals surface area contributed by atoms with Gasteiger partial charge in [0.1, 0.15) is 5.40 Å². The highest BCUT2D eigenvalue weighted by Gasteiger charge is 2.07. The van der Waals surface area contributed by atoms with Crippen LogP contribution < -0.4 is 4.90 Å². The first-order chi connectivity index (χ1) is 11.2. The van der Waals surface area contributed by atoms with Crippen LogP contribution in [0.1, 0.15) is 67.7 Å². The highest BCUT2D eigenvalue weighted by molar-refractivity contribution is 8.03. The molecule has 0 saturated heterocycles. The predicted octanol–water partition coefficient (Wildman–Crippen LogP) is 6.96.